The Morgan fingerprint density at radius 1 is 1.24 bits per heavy atom. The Bertz CT molecular complexity index is 713. The van der Waals surface area contributed by atoms with Crippen molar-refractivity contribution in [3.63, 3.8) is 0 Å². The molecule has 0 saturated heterocycles. The van der Waals surface area contributed by atoms with Crippen molar-refractivity contribution in [2.45, 2.75) is 26.3 Å². The number of nitrogens with zero attached hydrogens (tertiary/aromatic N) is 2. The summed E-state index contributed by atoms with van der Waals surface area (Å²) >= 11 is 0. The number of aryl methyl sites for hydroxylation is 2. The quantitative estimate of drug-likeness (QED) is 0.856. The monoisotopic (exact) mass is 277 g/mol. The van der Waals surface area contributed by atoms with Crippen LogP contribution in [-0.4, -0.2) is 6.54 Å². The van der Waals surface area contributed by atoms with Gasteiger partial charge < -0.3 is 10.6 Å². The number of anilines is 2. The Hall–Kier alpha value is -2.47. The number of fused-ring (bicyclic) bond motifs is 1. The molecule has 0 amide bonds. The van der Waals surface area contributed by atoms with Crippen LogP contribution in [0.5, 0.6) is 0 Å². The standard InChI is InChI=1S/C18H19N3/c1-13-9-14(11-19)4-5-16(13)12-21-8-2-3-15-6-7-17(20)10-18(15)21/h4-7,9-10H,2-3,8,12,20H2,1H3. The van der Waals surface area contributed by atoms with Crippen LogP contribution in [0.4, 0.5) is 11.4 Å². The fourth-order valence-electron chi connectivity index (χ4n) is 2.98. The smallest absolute Gasteiger partial charge is 0.0991 e. The summed E-state index contributed by atoms with van der Waals surface area (Å²) in [5.41, 5.74) is 12.6. The second kappa shape index (κ2) is 5.49. The summed E-state index contributed by atoms with van der Waals surface area (Å²) in [5, 5.41) is 8.96. The predicted molar refractivity (Wildman–Crippen MR) is 86.1 cm³/mol. The molecule has 0 unspecified atom stereocenters. The lowest BCUT2D eigenvalue weighted by atomic mass is 9.99. The van der Waals surface area contributed by atoms with Gasteiger partial charge in [-0.05, 0) is 60.7 Å². The van der Waals surface area contributed by atoms with Gasteiger partial charge in [0, 0.05) is 24.5 Å². The fraction of sp³-hybridized carbons (Fsp3) is 0.278. The van der Waals surface area contributed by atoms with E-state index < -0.39 is 0 Å². The molecule has 0 aliphatic carbocycles. The first-order valence-electron chi connectivity index (χ1n) is 7.30. The second-order valence-electron chi connectivity index (χ2n) is 5.67. The maximum Gasteiger partial charge on any atom is 0.0991 e. The van der Waals surface area contributed by atoms with Gasteiger partial charge in [-0.1, -0.05) is 12.1 Å². The van der Waals surface area contributed by atoms with E-state index in [4.69, 9.17) is 11.0 Å². The van der Waals surface area contributed by atoms with Crippen molar-refractivity contribution in [2.75, 3.05) is 17.2 Å². The Balaban J connectivity index is 1.90. The van der Waals surface area contributed by atoms with Crippen molar-refractivity contribution in [2.24, 2.45) is 0 Å². The molecule has 0 aromatic heterocycles. The van der Waals surface area contributed by atoms with Crippen LogP contribution in [0.25, 0.3) is 0 Å². The van der Waals surface area contributed by atoms with E-state index in [2.05, 4.69) is 36.1 Å². The molecule has 0 atom stereocenters. The third kappa shape index (κ3) is 2.71. The maximum absolute atomic E-state index is 8.96. The normalized spacial score (nSPS) is 13.6. The largest absolute Gasteiger partial charge is 0.399 e. The summed E-state index contributed by atoms with van der Waals surface area (Å²) < 4.78 is 0. The van der Waals surface area contributed by atoms with Gasteiger partial charge in [0.2, 0.25) is 0 Å². The number of rotatable bonds is 2. The number of hydrogen-bond acceptors (Lipinski definition) is 3. The topological polar surface area (TPSA) is 53.0 Å². The molecule has 2 aromatic rings. The molecule has 2 N–H and O–H groups in total. The molecular weight excluding hydrogens is 258 g/mol. The lowest BCUT2D eigenvalue weighted by Crippen LogP contribution is -2.29. The summed E-state index contributed by atoms with van der Waals surface area (Å²) in [4.78, 5) is 2.39. The highest BCUT2D eigenvalue weighted by Crippen LogP contribution is 2.30. The van der Waals surface area contributed by atoms with Crippen molar-refractivity contribution < 1.29 is 0 Å². The van der Waals surface area contributed by atoms with Gasteiger partial charge in [-0.2, -0.15) is 5.26 Å². The highest BCUT2D eigenvalue weighted by Gasteiger charge is 2.17. The molecule has 2 aromatic carbocycles. The molecule has 0 fully saturated rings. The van der Waals surface area contributed by atoms with Gasteiger partial charge in [-0.15, -0.1) is 0 Å². The molecule has 1 heterocycles. The molecule has 0 radical (unpaired) electrons. The third-order valence-electron chi connectivity index (χ3n) is 4.16. The van der Waals surface area contributed by atoms with Gasteiger partial charge in [-0.25, -0.2) is 0 Å². The lowest BCUT2D eigenvalue weighted by Gasteiger charge is -2.32. The molecule has 1 aliphatic heterocycles. The average molecular weight is 277 g/mol. The van der Waals surface area contributed by atoms with Gasteiger partial charge in [-0.3, -0.25) is 0 Å². The van der Waals surface area contributed by atoms with Crippen molar-refractivity contribution in [3.05, 3.63) is 58.7 Å². The van der Waals surface area contributed by atoms with E-state index in [1.165, 1.54) is 28.8 Å². The predicted octanol–water partition coefficient (Wildman–Crippen LogP) is 3.40. The van der Waals surface area contributed by atoms with Gasteiger partial charge in [0.15, 0.2) is 0 Å². The van der Waals surface area contributed by atoms with Crippen molar-refractivity contribution >= 4 is 11.4 Å². The van der Waals surface area contributed by atoms with Gasteiger partial charge in [0.25, 0.3) is 0 Å². The van der Waals surface area contributed by atoms with Crippen molar-refractivity contribution in [1.29, 1.82) is 5.26 Å². The van der Waals surface area contributed by atoms with Crippen molar-refractivity contribution in [1.82, 2.24) is 0 Å². The Kier molecular flexibility index (Phi) is 3.53. The zero-order valence-electron chi connectivity index (χ0n) is 12.3. The zero-order chi connectivity index (χ0) is 14.8. The van der Waals surface area contributed by atoms with Crippen LogP contribution in [0.1, 0.15) is 28.7 Å². The first-order valence-corrected chi connectivity index (χ1v) is 7.30. The van der Waals surface area contributed by atoms with Crippen LogP contribution in [0.2, 0.25) is 0 Å². The molecule has 3 rings (SSSR count). The van der Waals surface area contributed by atoms with Crippen LogP contribution in [0.3, 0.4) is 0 Å². The van der Waals surface area contributed by atoms with Crippen LogP contribution in [-0.2, 0) is 13.0 Å². The summed E-state index contributed by atoms with van der Waals surface area (Å²) in [5.74, 6) is 0. The summed E-state index contributed by atoms with van der Waals surface area (Å²) in [6, 6.07) is 14.3. The van der Waals surface area contributed by atoms with E-state index in [0.717, 1.165) is 30.8 Å². The summed E-state index contributed by atoms with van der Waals surface area (Å²) in [7, 11) is 0. The van der Waals surface area contributed by atoms with E-state index in [0.29, 0.717) is 0 Å². The Morgan fingerprint density at radius 2 is 2.10 bits per heavy atom. The fourth-order valence-corrected chi connectivity index (χ4v) is 2.98. The van der Waals surface area contributed by atoms with Gasteiger partial charge in [0.05, 0.1) is 11.6 Å². The molecule has 0 bridgehead atoms. The number of benzene rings is 2. The molecule has 3 nitrogen and oxygen atoms in total. The molecule has 0 saturated carbocycles. The number of nitrogens with two attached hydrogens (primary N) is 1. The van der Waals surface area contributed by atoms with E-state index in [9.17, 15) is 0 Å². The van der Waals surface area contributed by atoms with E-state index in [1.807, 2.05) is 18.2 Å². The molecule has 0 spiro atoms. The zero-order valence-corrected chi connectivity index (χ0v) is 12.3. The van der Waals surface area contributed by atoms with Crippen molar-refractivity contribution in [3.8, 4) is 6.07 Å². The minimum absolute atomic E-state index is 0.722. The second-order valence-corrected chi connectivity index (χ2v) is 5.67. The molecule has 1 aliphatic rings. The van der Waals surface area contributed by atoms with Crippen LogP contribution in [0.15, 0.2) is 36.4 Å². The number of nitrogen functional groups attached to an aromatic ring is 1. The average Bonchev–Trinajstić information content (AvgIpc) is 2.49. The van der Waals surface area contributed by atoms with Gasteiger partial charge in [0.1, 0.15) is 0 Å². The minimum Gasteiger partial charge on any atom is -0.399 e. The minimum atomic E-state index is 0.722. The SMILES string of the molecule is Cc1cc(C#N)ccc1CN1CCCc2ccc(N)cc21. The van der Waals surface area contributed by atoms with E-state index >= 15 is 0 Å². The Morgan fingerprint density at radius 3 is 2.86 bits per heavy atom. The van der Waals surface area contributed by atoms with Crippen LogP contribution >= 0.6 is 0 Å². The molecule has 3 heteroatoms. The summed E-state index contributed by atoms with van der Waals surface area (Å²) in [6.07, 6.45) is 2.30. The van der Waals surface area contributed by atoms with E-state index in [1.54, 1.807) is 0 Å². The van der Waals surface area contributed by atoms with E-state index in [-0.39, 0.29) is 0 Å². The lowest BCUT2D eigenvalue weighted by molar-refractivity contribution is 0.690. The maximum atomic E-state index is 8.96. The first kappa shape index (κ1) is 13.5. The van der Waals surface area contributed by atoms with Crippen LogP contribution in [0, 0.1) is 18.3 Å². The molecule has 21 heavy (non-hydrogen) atoms. The highest BCUT2D eigenvalue weighted by molar-refractivity contribution is 5.62. The highest BCUT2D eigenvalue weighted by atomic mass is 15.1. The molecular formula is C18H19N3. The van der Waals surface area contributed by atoms with Gasteiger partial charge >= 0.3 is 0 Å². The molecule has 106 valence electrons. The first-order chi connectivity index (χ1) is 10.2. The third-order valence-corrected chi connectivity index (χ3v) is 4.16. The Labute approximate surface area is 125 Å². The number of nitriles is 1. The summed E-state index contributed by atoms with van der Waals surface area (Å²) in [6.45, 7) is 3.99. The van der Waals surface area contributed by atoms with Crippen LogP contribution < -0.4 is 10.6 Å². The number of hydrogen-bond donors (Lipinski definition) is 1.